The third-order valence-electron chi connectivity index (χ3n) is 3.93. The molecule has 2 aliphatic rings. The maximum atomic E-state index is 3.46. The van der Waals surface area contributed by atoms with Crippen LogP contribution in [-0.4, -0.2) is 37.1 Å². The lowest BCUT2D eigenvalue weighted by atomic mass is 9.92. The van der Waals surface area contributed by atoms with Gasteiger partial charge in [0.05, 0.1) is 0 Å². The van der Waals surface area contributed by atoms with Crippen LogP contribution in [0.5, 0.6) is 0 Å². The van der Waals surface area contributed by atoms with E-state index in [-0.39, 0.29) is 0 Å². The van der Waals surface area contributed by atoms with Crippen molar-refractivity contribution < 1.29 is 0 Å². The molecule has 2 heterocycles. The van der Waals surface area contributed by atoms with Crippen molar-refractivity contribution in [3.8, 4) is 0 Å². The molecule has 0 aromatic heterocycles. The van der Waals surface area contributed by atoms with Gasteiger partial charge in [-0.1, -0.05) is 6.92 Å². The molecule has 1 N–H and O–H groups in total. The Balaban J connectivity index is 1.79. The van der Waals surface area contributed by atoms with Gasteiger partial charge in [0.1, 0.15) is 0 Å². The summed E-state index contributed by atoms with van der Waals surface area (Å²) >= 11 is 0. The van der Waals surface area contributed by atoms with E-state index >= 15 is 0 Å². The van der Waals surface area contributed by atoms with Gasteiger partial charge in [-0.05, 0) is 57.7 Å². The molecule has 3 unspecified atom stereocenters. The van der Waals surface area contributed by atoms with Crippen molar-refractivity contribution in [2.45, 2.75) is 39.2 Å². The fourth-order valence-electron chi connectivity index (χ4n) is 2.93. The molecule has 0 aromatic rings. The van der Waals surface area contributed by atoms with E-state index in [1.807, 2.05) is 0 Å². The molecule has 0 saturated carbocycles. The second kappa shape index (κ2) is 4.63. The van der Waals surface area contributed by atoms with E-state index in [4.69, 9.17) is 0 Å². The van der Waals surface area contributed by atoms with Gasteiger partial charge >= 0.3 is 0 Å². The third-order valence-corrected chi connectivity index (χ3v) is 3.93. The number of nitrogens with zero attached hydrogens (tertiary/aromatic N) is 1. The molecule has 0 aromatic carbocycles. The lowest BCUT2D eigenvalue weighted by molar-refractivity contribution is 0.113. The van der Waals surface area contributed by atoms with Crippen molar-refractivity contribution in [2.75, 3.05) is 26.2 Å². The maximum absolute atomic E-state index is 3.46. The van der Waals surface area contributed by atoms with E-state index < -0.39 is 0 Å². The van der Waals surface area contributed by atoms with Gasteiger partial charge in [0.25, 0.3) is 0 Å². The molecule has 2 rings (SSSR count). The Labute approximate surface area is 88.1 Å². The number of hydrogen-bond acceptors (Lipinski definition) is 2. The highest BCUT2D eigenvalue weighted by Crippen LogP contribution is 2.23. The molecule has 0 radical (unpaired) electrons. The highest BCUT2D eigenvalue weighted by molar-refractivity contribution is 4.81. The van der Waals surface area contributed by atoms with Gasteiger partial charge < -0.3 is 10.2 Å². The van der Waals surface area contributed by atoms with Crippen LogP contribution in [0.1, 0.15) is 33.1 Å². The number of rotatable bonds is 2. The Morgan fingerprint density at radius 1 is 1.29 bits per heavy atom. The fourth-order valence-corrected chi connectivity index (χ4v) is 2.93. The van der Waals surface area contributed by atoms with E-state index in [0.29, 0.717) is 0 Å². The van der Waals surface area contributed by atoms with E-state index in [1.54, 1.807) is 0 Å². The Bertz CT molecular complexity index is 175. The molecule has 0 aliphatic carbocycles. The van der Waals surface area contributed by atoms with Gasteiger partial charge in [-0.25, -0.2) is 0 Å². The minimum Gasteiger partial charge on any atom is -0.316 e. The van der Waals surface area contributed by atoms with Crippen LogP contribution < -0.4 is 5.32 Å². The van der Waals surface area contributed by atoms with E-state index in [1.165, 1.54) is 45.4 Å². The van der Waals surface area contributed by atoms with Crippen LogP contribution in [0.25, 0.3) is 0 Å². The minimum absolute atomic E-state index is 0.819. The second-order valence-corrected chi connectivity index (χ2v) is 5.33. The van der Waals surface area contributed by atoms with Gasteiger partial charge in [0.15, 0.2) is 0 Å². The Hall–Kier alpha value is -0.0800. The van der Waals surface area contributed by atoms with Crippen LogP contribution in [-0.2, 0) is 0 Å². The predicted molar refractivity (Wildman–Crippen MR) is 60.4 cm³/mol. The van der Waals surface area contributed by atoms with Crippen molar-refractivity contribution in [1.29, 1.82) is 0 Å². The summed E-state index contributed by atoms with van der Waals surface area (Å²) in [5.74, 6) is 1.87. The summed E-state index contributed by atoms with van der Waals surface area (Å²) in [7, 11) is 0. The zero-order valence-corrected chi connectivity index (χ0v) is 9.63. The minimum atomic E-state index is 0.819. The van der Waals surface area contributed by atoms with Crippen molar-refractivity contribution in [3.05, 3.63) is 0 Å². The molecule has 3 atom stereocenters. The molecule has 2 nitrogen and oxygen atoms in total. The lowest BCUT2D eigenvalue weighted by Gasteiger charge is -2.37. The van der Waals surface area contributed by atoms with Gasteiger partial charge in [-0.3, -0.25) is 0 Å². The highest BCUT2D eigenvalue weighted by atomic mass is 15.2. The van der Waals surface area contributed by atoms with Crippen LogP contribution in [0, 0.1) is 11.8 Å². The summed E-state index contributed by atoms with van der Waals surface area (Å²) in [6.07, 6.45) is 4.20. The smallest absolute Gasteiger partial charge is 0.00695 e. The summed E-state index contributed by atoms with van der Waals surface area (Å²) < 4.78 is 0. The third kappa shape index (κ3) is 2.48. The molecule has 0 amide bonds. The molecule has 2 heteroatoms. The number of piperidine rings is 1. The van der Waals surface area contributed by atoms with E-state index in [9.17, 15) is 0 Å². The summed E-state index contributed by atoms with van der Waals surface area (Å²) in [5.41, 5.74) is 0. The lowest BCUT2D eigenvalue weighted by Crippen LogP contribution is -2.43. The fraction of sp³-hybridized carbons (Fsp3) is 1.00. The topological polar surface area (TPSA) is 15.3 Å². The SMILES string of the molecule is CC1CCN(CC2CCNC2)C(C)C1. The van der Waals surface area contributed by atoms with Crippen LogP contribution in [0.15, 0.2) is 0 Å². The normalized spacial score (nSPS) is 40.3. The molecular weight excluding hydrogens is 172 g/mol. The first-order valence-electron chi connectivity index (χ1n) is 6.20. The van der Waals surface area contributed by atoms with Crippen molar-refractivity contribution in [3.63, 3.8) is 0 Å². The van der Waals surface area contributed by atoms with E-state index in [2.05, 4.69) is 24.1 Å². The zero-order chi connectivity index (χ0) is 9.97. The quantitative estimate of drug-likeness (QED) is 0.723. The molecule has 2 saturated heterocycles. The molecule has 82 valence electrons. The largest absolute Gasteiger partial charge is 0.316 e. The van der Waals surface area contributed by atoms with Crippen molar-refractivity contribution >= 4 is 0 Å². The number of hydrogen-bond donors (Lipinski definition) is 1. The van der Waals surface area contributed by atoms with Crippen LogP contribution in [0.2, 0.25) is 0 Å². The molecule has 2 aliphatic heterocycles. The Morgan fingerprint density at radius 3 is 2.79 bits per heavy atom. The highest BCUT2D eigenvalue weighted by Gasteiger charge is 2.25. The van der Waals surface area contributed by atoms with Crippen LogP contribution >= 0.6 is 0 Å². The second-order valence-electron chi connectivity index (χ2n) is 5.33. The van der Waals surface area contributed by atoms with Crippen LogP contribution in [0.3, 0.4) is 0 Å². The van der Waals surface area contributed by atoms with Gasteiger partial charge in [0.2, 0.25) is 0 Å². The molecule has 2 fully saturated rings. The number of likely N-dealkylation sites (tertiary alicyclic amines) is 1. The predicted octanol–water partition coefficient (Wildman–Crippen LogP) is 1.72. The van der Waals surface area contributed by atoms with Crippen molar-refractivity contribution in [2.24, 2.45) is 11.8 Å². The molecule has 0 bridgehead atoms. The molecule has 0 spiro atoms. The average Bonchev–Trinajstić information content (AvgIpc) is 2.62. The standard InChI is InChI=1S/C12H24N2/c1-10-4-6-14(11(2)7-10)9-12-3-5-13-8-12/h10-13H,3-9H2,1-2H3. The zero-order valence-electron chi connectivity index (χ0n) is 9.63. The van der Waals surface area contributed by atoms with Gasteiger partial charge in [0, 0.05) is 12.6 Å². The van der Waals surface area contributed by atoms with Crippen molar-refractivity contribution in [1.82, 2.24) is 10.2 Å². The summed E-state index contributed by atoms with van der Waals surface area (Å²) in [4.78, 5) is 2.71. The first-order valence-corrected chi connectivity index (χ1v) is 6.20. The molecule has 14 heavy (non-hydrogen) atoms. The van der Waals surface area contributed by atoms with E-state index in [0.717, 1.165) is 17.9 Å². The summed E-state index contributed by atoms with van der Waals surface area (Å²) in [5, 5.41) is 3.46. The average molecular weight is 196 g/mol. The summed E-state index contributed by atoms with van der Waals surface area (Å²) in [6, 6.07) is 0.819. The first kappa shape index (κ1) is 10.4. The van der Waals surface area contributed by atoms with Gasteiger partial charge in [-0.2, -0.15) is 0 Å². The first-order chi connectivity index (χ1) is 6.75. The maximum Gasteiger partial charge on any atom is 0.00695 e. The Kier molecular flexibility index (Phi) is 3.45. The monoisotopic (exact) mass is 196 g/mol. The Morgan fingerprint density at radius 2 is 2.14 bits per heavy atom. The molecular formula is C12H24N2. The van der Waals surface area contributed by atoms with Crippen LogP contribution in [0.4, 0.5) is 0 Å². The van der Waals surface area contributed by atoms with Gasteiger partial charge in [-0.15, -0.1) is 0 Å². The summed E-state index contributed by atoms with van der Waals surface area (Å²) in [6.45, 7) is 9.95. The number of nitrogens with one attached hydrogen (secondary N) is 1.